The quantitative estimate of drug-likeness (QED) is 0.483. The number of carbonyl (C=O) groups is 2. The molecule has 0 N–H and O–H groups in total. The van der Waals surface area contributed by atoms with Crippen molar-refractivity contribution in [3.63, 3.8) is 0 Å². The number of unbranched alkanes of at least 4 members (excludes halogenated alkanes) is 2. The summed E-state index contributed by atoms with van der Waals surface area (Å²) in [6, 6.07) is 7.56. The molecule has 2 aliphatic rings. The second-order valence-electron chi connectivity index (χ2n) is 8.50. The molecule has 2 unspecified atom stereocenters. The van der Waals surface area contributed by atoms with Crippen LogP contribution in [0.4, 0.5) is 0 Å². The zero-order valence-corrected chi connectivity index (χ0v) is 18.2. The van der Waals surface area contributed by atoms with Crippen molar-refractivity contribution in [2.75, 3.05) is 26.2 Å². The molecule has 0 bridgehead atoms. The molecular weight excluding hydrogens is 364 g/mol. The summed E-state index contributed by atoms with van der Waals surface area (Å²) >= 11 is 0. The van der Waals surface area contributed by atoms with E-state index in [0.29, 0.717) is 36.3 Å². The van der Waals surface area contributed by atoms with E-state index < -0.39 is 0 Å². The second kappa shape index (κ2) is 9.47. The summed E-state index contributed by atoms with van der Waals surface area (Å²) in [6.07, 6.45) is 4.08. The minimum Gasteiger partial charge on any atom is -0.494 e. The molecule has 0 spiro atoms. The first-order valence-corrected chi connectivity index (χ1v) is 11.0. The number of nitrogens with zero attached hydrogens (tertiary/aromatic N) is 2. The van der Waals surface area contributed by atoms with Gasteiger partial charge >= 0.3 is 0 Å². The van der Waals surface area contributed by atoms with E-state index in [-0.39, 0.29) is 11.8 Å². The first-order chi connectivity index (χ1) is 14.0. The van der Waals surface area contributed by atoms with Gasteiger partial charge in [-0.2, -0.15) is 0 Å². The molecule has 158 valence electrons. The zero-order valence-electron chi connectivity index (χ0n) is 18.2. The molecule has 5 nitrogen and oxygen atoms in total. The van der Waals surface area contributed by atoms with Crippen molar-refractivity contribution in [1.82, 2.24) is 9.80 Å². The van der Waals surface area contributed by atoms with Crippen LogP contribution in [0.2, 0.25) is 0 Å². The molecule has 1 saturated heterocycles. The molecule has 0 aromatic heterocycles. The highest BCUT2D eigenvalue weighted by molar-refractivity contribution is 6.35. The molecule has 0 radical (unpaired) electrons. The van der Waals surface area contributed by atoms with Crippen molar-refractivity contribution in [2.24, 2.45) is 11.8 Å². The van der Waals surface area contributed by atoms with E-state index in [4.69, 9.17) is 4.74 Å². The monoisotopic (exact) mass is 398 g/mol. The lowest BCUT2D eigenvalue weighted by Crippen LogP contribution is -2.42. The van der Waals surface area contributed by atoms with E-state index in [9.17, 15) is 9.59 Å². The van der Waals surface area contributed by atoms with Gasteiger partial charge in [0.15, 0.2) is 0 Å². The lowest BCUT2D eigenvalue weighted by Gasteiger charge is -2.37. The molecule has 29 heavy (non-hydrogen) atoms. The van der Waals surface area contributed by atoms with E-state index in [1.165, 1.54) is 4.90 Å². The third-order valence-electron chi connectivity index (χ3n) is 5.77. The van der Waals surface area contributed by atoms with Crippen molar-refractivity contribution >= 4 is 17.4 Å². The lowest BCUT2D eigenvalue weighted by atomic mass is 9.91. The smallest absolute Gasteiger partial charge is 0.277 e. The van der Waals surface area contributed by atoms with Gasteiger partial charge in [0, 0.05) is 19.6 Å². The van der Waals surface area contributed by atoms with Gasteiger partial charge in [-0.3, -0.25) is 14.5 Å². The number of hydrogen-bond acceptors (Lipinski definition) is 4. The molecule has 2 aliphatic heterocycles. The standard InChI is InChI=1S/C24H34N2O3/c1-5-7-8-13-26-23(27)21(19-9-11-20(12-10-19)29-6-2)22(24(26)28)25-15-17(3)14-18(4)16-25/h9-12,17-18H,5-8,13-16H2,1-4H3. The molecule has 2 amide bonds. The highest BCUT2D eigenvalue weighted by atomic mass is 16.5. The predicted molar refractivity (Wildman–Crippen MR) is 115 cm³/mol. The summed E-state index contributed by atoms with van der Waals surface area (Å²) in [5, 5.41) is 0. The van der Waals surface area contributed by atoms with Crippen molar-refractivity contribution in [3.8, 4) is 5.75 Å². The van der Waals surface area contributed by atoms with Crippen LogP contribution in [0.15, 0.2) is 30.0 Å². The van der Waals surface area contributed by atoms with Crippen LogP contribution in [-0.4, -0.2) is 47.9 Å². The van der Waals surface area contributed by atoms with E-state index in [2.05, 4.69) is 25.7 Å². The number of piperidine rings is 1. The Morgan fingerprint density at radius 1 is 0.966 bits per heavy atom. The third kappa shape index (κ3) is 4.65. The molecule has 2 atom stereocenters. The van der Waals surface area contributed by atoms with Gasteiger partial charge in [-0.1, -0.05) is 45.7 Å². The molecule has 0 saturated carbocycles. The lowest BCUT2D eigenvalue weighted by molar-refractivity contribution is -0.137. The summed E-state index contributed by atoms with van der Waals surface area (Å²) in [5.74, 6) is 1.50. The van der Waals surface area contributed by atoms with E-state index in [1.807, 2.05) is 31.2 Å². The SMILES string of the molecule is CCCCCN1C(=O)C(c2ccc(OCC)cc2)=C(N2CC(C)CC(C)C2)C1=O. The number of rotatable bonds is 8. The van der Waals surface area contributed by atoms with Crippen molar-refractivity contribution in [3.05, 3.63) is 35.5 Å². The molecular formula is C24H34N2O3. The third-order valence-corrected chi connectivity index (χ3v) is 5.77. The molecule has 1 fully saturated rings. The first-order valence-electron chi connectivity index (χ1n) is 11.0. The number of ether oxygens (including phenoxy) is 1. The van der Waals surface area contributed by atoms with Crippen LogP contribution < -0.4 is 4.74 Å². The Bertz CT molecular complexity index is 759. The number of carbonyl (C=O) groups excluding carboxylic acids is 2. The largest absolute Gasteiger partial charge is 0.494 e. The van der Waals surface area contributed by atoms with Crippen molar-refractivity contribution in [1.29, 1.82) is 0 Å². The molecule has 2 heterocycles. The van der Waals surface area contributed by atoms with Crippen molar-refractivity contribution in [2.45, 2.75) is 53.4 Å². The first kappa shape index (κ1) is 21.4. The number of benzene rings is 1. The maximum absolute atomic E-state index is 13.4. The van der Waals surface area contributed by atoms with Crippen LogP contribution in [0.1, 0.15) is 58.9 Å². The topological polar surface area (TPSA) is 49.9 Å². The Balaban J connectivity index is 1.97. The second-order valence-corrected chi connectivity index (χ2v) is 8.50. The average Bonchev–Trinajstić information content (AvgIpc) is 2.93. The van der Waals surface area contributed by atoms with E-state index in [1.54, 1.807) is 0 Å². The Morgan fingerprint density at radius 2 is 1.62 bits per heavy atom. The van der Waals surface area contributed by atoms with Gasteiger partial charge in [-0.25, -0.2) is 0 Å². The number of hydrogen-bond donors (Lipinski definition) is 0. The van der Waals surface area contributed by atoms with Gasteiger partial charge in [-0.05, 0) is 49.3 Å². The fourth-order valence-electron chi connectivity index (χ4n) is 4.57. The molecule has 3 rings (SSSR count). The van der Waals surface area contributed by atoms with Crippen LogP contribution in [-0.2, 0) is 9.59 Å². The summed E-state index contributed by atoms with van der Waals surface area (Å²) in [6.45, 7) is 11.2. The van der Waals surface area contributed by atoms with Crippen LogP contribution in [0, 0.1) is 11.8 Å². The zero-order chi connectivity index (χ0) is 21.0. The van der Waals surface area contributed by atoms with E-state index in [0.717, 1.165) is 50.1 Å². The number of likely N-dealkylation sites (tertiary alicyclic amines) is 1. The van der Waals surface area contributed by atoms with Gasteiger partial charge in [0.05, 0.1) is 12.2 Å². The van der Waals surface area contributed by atoms with Gasteiger partial charge in [-0.15, -0.1) is 0 Å². The Hall–Kier alpha value is -2.30. The van der Waals surface area contributed by atoms with Crippen LogP contribution in [0.3, 0.4) is 0 Å². The highest BCUT2D eigenvalue weighted by Gasteiger charge is 2.42. The summed E-state index contributed by atoms with van der Waals surface area (Å²) in [7, 11) is 0. The maximum atomic E-state index is 13.4. The van der Waals surface area contributed by atoms with E-state index >= 15 is 0 Å². The highest BCUT2D eigenvalue weighted by Crippen LogP contribution is 2.35. The van der Waals surface area contributed by atoms with Crippen LogP contribution in [0.25, 0.3) is 5.57 Å². The fraction of sp³-hybridized carbons (Fsp3) is 0.583. The van der Waals surface area contributed by atoms with Gasteiger partial charge in [0.1, 0.15) is 11.4 Å². The summed E-state index contributed by atoms with van der Waals surface area (Å²) < 4.78 is 5.54. The summed E-state index contributed by atoms with van der Waals surface area (Å²) in [5.41, 5.74) is 1.94. The van der Waals surface area contributed by atoms with Crippen LogP contribution >= 0.6 is 0 Å². The van der Waals surface area contributed by atoms with Gasteiger partial charge < -0.3 is 9.64 Å². The molecule has 0 aliphatic carbocycles. The Labute approximate surface area is 174 Å². The molecule has 5 heteroatoms. The number of imide groups is 1. The summed E-state index contributed by atoms with van der Waals surface area (Å²) in [4.78, 5) is 30.3. The van der Waals surface area contributed by atoms with Crippen LogP contribution in [0.5, 0.6) is 5.75 Å². The minimum atomic E-state index is -0.156. The molecule has 1 aromatic rings. The minimum absolute atomic E-state index is 0.128. The Kier molecular flexibility index (Phi) is 6.99. The fourth-order valence-corrected chi connectivity index (χ4v) is 4.57. The average molecular weight is 399 g/mol. The van der Waals surface area contributed by atoms with Gasteiger partial charge in [0.2, 0.25) is 0 Å². The maximum Gasteiger partial charge on any atom is 0.277 e. The van der Waals surface area contributed by atoms with Gasteiger partial charge in [0.25, 0.3) is 11.8 Å². The normalized spacial score (nSPS) is 22.6. The van der Waals surface area contributed by atoms with Crippen molar-refractivity contribution < 1.29 is 14.3 Å². The predicted octanol–water partition coefficient (Wildman–Crippen LogP) is 4.33. The Morgan fingerprint density at radius 3 is 2.21 bits per heavy atom. The molecule has 1 aromatic carbocycles. The number of amides is 2.